The fourth-order valence-electron chi connectivity index (χ4n) is 1.37. The van der Waals surface area contributed by atoms with E-state index in [0.29, 0.717) is 5.75 Å². The van der Waals surface area contributed by atoms with Crippen LogP contribution in [0.5, 0.6) is 11.6 Å². The summed E-state index contributed by atoms with van der Waals surface area (Å²) in [6.45, 7) is 0. The lowest BCUT2D eigenvalue weighted by atomic mass is 10.2. The van der Waals surface area contributed by atoms with Crippen molar-refractivity contribution in [3.63, 3.8) is 0 Å². The zero-order valence-electron chi connectivity index (χ0n) is 9.45. The monoisotopic (exact) mass is 241 g/mol. The fraction of sp³-hybridized carbons (Fsp3) is 0.0769. The molecular weight excluding hydrogens is 230 g/mol. The van der Waals surface area contributed by atoms with Crippen molar-refractivity contribution in [3.05, 3.63) is 42.4 Å². The first-order valence-corrected chi connectivity index (χ1v) is 5.20. The molecule has 0 aliphatic heterocycles. The van der Waals surface area contributed by atoms with Gasteiger partial charge >= 0.3 is 0 Å². The molecule has 2 rings (SSSR count). The van der Waals surface area contributed by atoms with Crippen molar-refractivity contribution < 1.29 is 9.84 Å². The lowest BCUT2D eigenvalue weighted by Gasteiger charge is -2.10. The standard InChI is InChI=1S/C13H11N3O2/c1-2-10(17)12-11(14)13(16-8-15-12)18-9-6-4-3-5-7-9/h1,3-8,10,17H,14H2. The summed E-state index contributed by atoms with van der Waals surface area (Å²) in [5.41, 5.74) is 6.10. The Bertz CT molecular complexity index is 579. The molecule has 1 heterocycles. The van der Waals surface area contributed by atoms with E-state index in [1.54, 1.807) is 12.1 Å². The minimum atomic E-state index is -1.17. The molecule has 0 aliphatic carbocycles. The maximum atomic E-state index is 9.54. The smallest absolute Gasteiger partial charge is 0.246 e. The molecule has 1 atom stereocenters. The maximum Gasteiger partial charge on any atom is 0.246 e. The molecule has 2 aromatic rings. The Morgan fingerprint density at radius 1 is 1.28 bits per heavy atom. The van der Waals surface area contributed by atoms with Gasteiger partial charge in [-0.05, 0) is 12.1 Å². The molecule has 90 valence electrons. The van der Waals surface area contributed by atoms with Crippen molar-refractivity contribution in [2.24, 2.45) is 0 Å². The number of anilines is 1. The van der Waals surface area contributed by atoms with E-state index in [1.165, 1.54) is 6.33 Å². The highest BCUT2D eigenvalue weighted by Crippen LogP contribution is 2.28. The van der Waals surface area contributed by atoms with Gasteiger partial charge in [0.05, 0.1) is 0 Å². The number of aliphatic hydroxyl groups is 1. The number of nitrogens with zero attached hydrogens (tertiary/aromatic N) is 2. The van der Waals surface area contributed by atoms with Crippen LogP contribution in [0.4, 0.5) is 5.69 Å². The summed E-state index contributed by atoms with van der Waals surface area (Å²) >= 11 is 0. The molecule has 1 aromatic heterocycles. The summed E-state index contributed by atoms with van der Waals surface area (Å²) in [7, 11) is 0. The van der Waals surface area contributed by atoms with Crippen molar-refractivity contribution in [2.45, 2.75) is 6.10 Å². The number of terminal acetylenes is 1. The van der Waals surface area contributed by atoms with Crippen LogP contribution in [0.1, 0.15) is 11.8 Å². The molecule has 0 fully saturated rings. The average molecular weight is 241 g/mol. The predicted octanol–water partition coefficient (Wildman–Crippen LogP) is 1.52. The summed E-state index contributed by atoms with van der Waals surface area (Å²) in [5, 5.41) is 9.54. The van der Waals surface area contributed by atoms with Gasteiger partial charge in [0.25, 0.3) is 0 Å². The Morgan fingerprint density at radius 3 is 2.67 bits per heavy atom. The van der Waals surface area contributed by atoms with Gasteiger partial charge in [-0.3, -0.25) is 0 Å². The number of para-hydroxylation sites is 1. The average Bonchev–Trinajstić information content (AvgIpc) is 2.41. The van der Waals surface area contributed by atoms with Crippen molar-refractivity contribution in [2.75, 3.05) is 5.73 Å². The molecule has 0 spiro atoms. The molecule has 0 saturated carbocycles. The third-order valence-electron chi connectivity index (χ3n) is 2.25. The van der Waals surface area contributed by atoms with Crippen LogP contribution in [-0.2, 0) is 0 Å². The molecule has 0 amide bonds. The van der Waals surface area contributed by atoms with E-state index in [-0.39, 0.29) is 17.3 Å². The first-order valence-electron chi connectivity index (χ1n) is 5.20. The van der Waals surface area contributed by atoms with Crippen LogP contribution in [0.25, 0.3) is 0 Å². The number of hydrogen-bond acceptors (Lipinski definition) is 5. The van der Waals surface area contributed by atoms with E-state index in [2.05, 4.69) is 15.9 Å². The zero-order chi connectivity index (χ0) is 13.0. The Kier molecular flexibility index (Phi) is 3.41. The second kappa shape index (κ2) is 5.17. The molecule has 1 aromatic carbocycles. The van der Waals surface area contributed by atoms with Gasteiger partial charge in [0, 0.05) is 0 Å². The van der Waals surface area contributed by atoms with Crippen molar-refractivity contribution >= 4 is 5.69 Å². The van der Waals surface area contributed by atoms with Gasteiger partial charge in [-0.25, -0.2) is 4.98 Å². The molecule has 1 unspecified atom stereocenters. The van der Waals surface area contributed by atoms with Gasteiger partial charge in [-0.15, -0.1) is 6.42 Å². The van der Waals surface area contributed by atoms with Gasteiger partial charge in [-0.1, -0.05) is 24.1 Å². The van der Waals surface area contributed by atoms with Crippen LogP contribution >= 0.6 is 0 Å². The highest BCUT2D eigenvalue weighted by atomic mass is 16.5. The molecule has 0 radical (unpaired) electrons. The van der Waals surface area contributed by atoms with Crippen LogP contribution in [0.2, 0.25) is 0 Å². The fourth-order valence-corrected chi connectivity index (χ4v) is 1.37. The molecule has 0 aliphatic rings. The van der Waals surface area contributed by atoms with E-state index >= 15 is 0 Å². The number of nitrogens with two attached hydrogens (primary N) is 1. The van der Waals surface area contributed by atoms with Gasteiger partial charge in [-0.2, -0.15) is 4.98 Å². The minimum Gasteiger partial charge on any atom is -0.437 e. The summed E-state index contributed by atoms with van der Waals surface area (Å²) in [5.74, 6) is 2.90. The van der Waals surface area contributed by atoms with Crippen molar-refractivity contribution in [1.82, 2.24) is 9.97 Å². The topological polar surface area (TPSA) is 81.3 Å². The van der Waals surface area contributed by atoms with Gasteiger partial charge in [0.2, 0.25) is 5.88 Å². The SMILES string of the molecule is C#CC(O)c1ncnc(Oc2ccccc2)c1N. The number of ether oxygens (including phenoxy) is 1. The molecular formula is C13H11N3O2. The van der Waals surface area contributed by atoms with Gasteiger partial charge in [0.1, 0.15) is 23.5 Å². The number of hydrogen-bond donors (Lipinski definition) is 2. The number of aliphatic hydroxyl groups excluding tert-OH is 1. The normalized spacial score (nSPS) is 11.6. The molecule has 18 heavy (non-hydrogen) atoms. The van der Waals surface area contributed by atoms with E-state index in [4.69, 9.17) is 16.9 Å². The van der Waals surface area contributed by atoms with E-state index in [1.807, 2.05) is 18.2 Å². The Morgan fingerprint density at radius 2 is 2.00 bits per heavy atom. The highest BCUT2D eigenvalue weighted by molar-refractivity contribution is 5.54. The Labute approximate surface area is 104 Å². The molecule has 5 heteroatoms. The van der Waals surface area contributed by atoms with Gasteiger partial charge < -0.3 is 15.6 Å². The van der Waals surface area contributed by atoms with Crippen LogP contribution in [0.3, 0.4) is 0 Å². The largest absolute Gasteiger partial charge is 0.437 e. The summed E-state index contributed by atoms with van der Waals surface area (Å²) in [6, 6.07) is 9.04. The quantitative estimate of drug-likeness (QED) is 0.796. The summed E-state index contributed by atoms with van der Waals surface area (Å²) < 4.78 is 5.49. The number of benzene rings is 1. The third kappa shape index (κ3) is 2.39. The zero-order valence-corrected chi connectivity index (χ0v) is 9.45. The molecule has 0 bridgehead atoms. The van der Waals surface area contributed by atoms with E-state index < -0.39 is 6.10 Å². The lowest BCUT2D eigenvalue weighted by molar-refractivity contribution is 0.233. The first-order chi connectivity index (χ1) is 8.72. The second-order valence-electron chi connectivity index (χ2n) is 3.46. The van der Waals surface area contributed by atoms with Crippen LogP contribution in [0, 0.1) is 12.3 Å². The third-order valence-corrected chi connectivity index (χ3v) is 2.25. The van der Waals surface area contributed by atoms with Crippen LogP contribution < -0.4 is 10.5 Å². The second-order valence-corrected chi connectivity index (χ2v) is 3.46. The molecule has 5 nitrogen and oxygen atoms in total. The lowest BCUT2D eigenvalue weighted by Crippen LogP contribution is -2.06. The van der Waals surface area contributed by atoms with E-state index in [0.717, 1.165) is 0 Å². The summed E-state index contributed by atoms with van der Waals surface area (Å²) in [4.78, 5) is 7.76. The Balaban J connectivity index is 2.33. The van der Waals surface area contributed by atoms with Crippen LogP contribution in [-0.4, -0.2) is 15.1 Å². The predicted molar refractivity (Wildman–Crippen MR) is 66.8 cm³/mol. The molecule has 3 N–H and O–H groups in total. The maximum absolute atomic E-state index is 9.54. The minimum absolute atomic E-state index is 0.131. The number of aromatic nitrogens is 2. The molecule has 0 saturated heterocycles. The first kappa shape index (κ1) is 11.9. The highest BCUT2D eigenvalue weighted by Gasteiger charge is 2.15. The number of nitrogen functional groups attached to an aromatic ring is 1. The number of rotatable bonds is 3. The van der Waals surface area contributed by atoms with Crippen molar-refractivity contribution in [3.8, 4) is 24.0 Å². The Hall–Kier alpha value is -2.58. The van der Waals surface area contributed by atoms with Gasteiger partial charge in [0.15, 0.2) is 6.10 Å². The van der Waals surface area contributed by atoms with Crippen molar-refractivity contribution in [1.29, 1.82) is 0 Å². The summed E-state index contributed by atoms with van der Waals surface area (Å²) in [6.07, 6.45) is 5.18. The van der Waals surface area contributed by atoms with Crippen LogP contribution in [0.15, 0.2) is 36.7 Å². The van der Waals surface area contributed by atoms with E-state index in [9.17, 15) is 5.11 Å².